The Morgan fingerprint density at radius 1 is 1.26 bits per heavy atom. The fraction of sp³-hybridized carbons (Fsp3) is 0.423. The molecule has 1 aliphatic carbocycles. The summed E-state index contributed by atoms with van der Waals surface area (Å²) in [5.41, 5.74) is 1.78. The van der Waals surface area contributed by atoms with Crippen molar-refractivity contribution in [3.05, 3.63) is 51.5 Å². The molecule has 2 N–H and O–H groups in total. The summed E-state index contributed by atoms with van der Waals surface area (Å²) in [7, 11) is 2.93. The summed E-state index contributed by atoms with van der Waals surface area (Å²) >= 11 is 1.35. The molecular weight excluding hydrogens is 519 g/mol. The van der Waals surface area contributed by atoms with E-state index in [1.807, 2.05) is 0 Å². The first-order valence-electron chi connectivity index (χ1n) is 12.1. The molecule has 8 nitrogen and oxygen atoms in total. The van der Waals surface area contributed by atoms with Gasteiger partial charge in [0.25, 0.3) is 5.91 Å². The maximum absolute atomic E-state index is 14.1. The third-order valence-electron chi connectivity index (χ3n) is 7.08. The van der Waals surface area contributed by atoms with Gasteiger partial charge in [-0.1, -0.05) is 13.0 Å². The van der Waals surface area contributed by atoms with E-state index in [-0.39, 0.29) is 17.9 Å². The van der Waals surface area contributed by atoms with Crippen LogP contribution in [0.2, 0.25) is 0 Å². The van der Waals surface area contributed by atoms with Gasteiger partial charge in [0.05, 0.1) is 25.8 Å². The third kappa shape index (κ3) is 4.67. The Labute approximate surface area is 221 Å². The second-order valence-electron chi connectivity index (χ2n) is 9.59. The monoisotopic (exact) mass is 545 g/mol. The molecule has 0 radical (unpaired) electrons. The van der Waals surface area contributed by atoms with E-state index in [0.29, 0.717) is 33.5 Å². The van der Waals surface area contributed by atoms with Crippen molar-refractivity contribution in [2.75, 3.05) is 24.9 Å². The molecule has 38 heavy (non-hydrogen) atoms. The number of carbonyl (C=O) groups is 1. The lowest BCUT2D eigenvalue weighted by Crippen LogP contribution is -2.35. The fourth-order valence-electron chi connectivity index (χ4n) is 5.10. The topological polar surface area (TPSA) is 101 Å². The molecule has 0 fully saturated rings. The summed E-state index contributed by atoms with van der Waals surface area (Å²) < 4.78 is 53.7. The third-order valence-corrected chi connectivity index (χ3v) is 8.25. The fourth-order valence-corrected chi connectivity index (χ4v) is 6.45. The number of rotatable bonds is 5. The number of alkyl halides is 3. The van der Waals surface area contributed by atoms with Crippen molar-refractivity contribution in [1.29, 1.82) is 5.26 Å². The number of amides is 1. The van der Waals surface area contributed by atoms with Gasteiger partial charge in [0, 0.05) is 17.4 Å². The van der Waals surface area contributed by atoms with Crippen molar-refractivity contribution in [3.8, 4) is 17.6 Å². The highest BCUT2D eigenvalue weighted by Crippen LogP contribution is 2.45. The van der Waals surface area contributed by atoms with Crippen LogP contribution in [0.5, 0.6) is 11.5 Å². The first-order valence-corrected chi connectivity index (χ1v) is 12.9. The number of halogens is 3. The van der Waals surface area contributed by atoms with E-state index >= 15 is 0 Å². The number of hydrogen-bond acceptors (Lipinski definition) is 7. The highest BCUT2D eigenvalue weighted by molar-refractivity contribution is 7.16. The molecule has 2 aliphatic rings. The first-order chi connectivity index (χ1) is 18.1. The Kier molecular flexibility index (Phi) is 6.73. The Morgan fingerprint density at radius 2 is 2.03 bits per heavy atom. The molecule has 0 saturated carbocycles. The van der Waals surface area contributed by atoms with E-state index in [4.69, 9.17) is 9.47 Å². The van der Waals surface area contributed by atoms with E-state index in [2.05, 4.69) is 28.7 Å². The molecule has 12 heteroatoms. The van der Waals surface area contributed by atoms with Gasteiger partial charge in [-0.3, -0.25) is 4.79 Å². The summed E-state index contributed by atoms with van der Waals surface area (Å²) in [4.78, 5) is 14.2. The average Bonchev–Trinajstić information content (AvgIpc) is 3.47. The van der Waals surface area contributed by atoms with Crippen molar-refractivity contribution < 1.29 is 27.4 Å². The zero-order valence-electron chi connectivity index (χ0n) is 21.0. The quantitative estimate of drug-likeness (QED) is 0.416. The number of aromatic nitrogens is 2. The maximum atomic E-state index is 14.1. The van der Waals surface area contributed by atoms with Gasteiger partial charge >= 0.3 is 6.18 Å². The number of benzene rings is 1. The second-order valence-corrected chi connectivity index (χ2v) is 10.7. The standard InChI is InChI=1S/C26H26F3N5O3S/c1-13-4-6-15-16(12-30)25(38-21(15)8-13)32-24(35)18-11-23-31-17(10-22(26(27,28)29)34(23)33-18)14-5-7-19(36-2)20(9-14)37-3/h5,7,9,11,13,17,22,31H,4,6,8,10H2,1-3H3,(H,32,35)/t13-,17-,22+/m1/s1. The van der Waals surface area contributed by atoms with Gasteiger partial charge in [0.1, 0.15) is 16.9 Å². The van der Waals surface area contributed by atoms with Crippen molar-refractivity contribution >= 4 is 28.1 Å². The number of carbonyl (C=O) groups excluding carboxylic acids is 1. The van der Waals surface area contributed by atoms with Crippen LogP contribution in [0, 0.1) is 17.2 Å². The van der Waals surface area contributed by atoms with E-state index in [9.17, 15) is 23.2 Å². The Bertz CT molecular complexity index is 1420. The van der Waals surface area contributed by atoms with Crippen LogP contribution in [0.3, 0.4) is 0 Å². The predicted molar refractivity (Wildman–Crippen MR) is 136 cm³/mol. The van der Waals surface area contributed by atoms with Gasteiger partial charge in [-0.05, 0) is 48.4 Å². The molecule has 3 heterocycles. The van der Waals surface area contributed by atoms with Crippen LogP contribution in [0.15, 0.2) is 24.3 Å². The molecule has 1 amide bonds. The second kappa shape index (κ2) is 9.87. The van der Waals surface area contributed by atoms with Gasteiger partial charge in [-0.25, -0.2) is 4.68 Å². The molecule has 1 aromatic carbocycles. The van der Waals surface area contributed by atoms with Gasteiger partial charge in [0.2, 0.25) is 0 Å². The van der Waals surface area contributed by atoms with Crippen molar-refractivity contribution in [2.24, 2.45) is 5.92 Å². The van der Waals surface area contributed by atoms with Gasteiger partial charge in [-0.2, -0.15) is 23.5 Å². The van der Waals surface area contributed by atoms with Crippen LogP contribution in [-0.4, -0.2) is 36.1 Å². The average molecular weight is 546 g/mol. The normalized spacial score (nSPS) is 20.5. The van der Waals surface area contributed by atoms with Crippen LogP contribution in [-0.2, 0) is 12.8 Å². The van der Waals surface area contributed by atoms with E-state index < -0.39 is 24.2 Å². The van der Waals surface area contributed by atoms with Crippen molar-refractivity contribution in [1.82, 2.24) is 9.78 Å². The van der Waals surface area contributed by atoms with Crippen LogP contribution >= 0.6 is 11.3 Å². The summed E-state index contributed by atoms with van der Waals surface area (Å²) in [6.45, 7) is 2.14. The number of nitriles is 1. The molecule has 0 unspecified atom stereocenters. The summed E-state index contributed by atoms with van der Waals surface area (Å²) in [5.74, 6) is 0.754. The lowest BCUT2D eigenvalue weighted by atomic mass is 9.89. The molecule has 0 saturated heterocycles. The number of thiophene rings is 1. The predicted octanol–water partition coefficient (Wildman–Crippen LogP) is 5.87. The minimum Gasteiger partial charge on any atom is -0.493 e. The van der Waals surface area contributed by atoms with Gasteiger partial charge in [0.15, 0.2) is 23.2 Å². The lowest BCUT2D eigenvalue weighted by Gasteiger charge is -2.33. The summed E-state index contributed by atoms with van der Waals surface area (Å²) in [6.07, 6.45) is -2.37. The molecule has 3 aromatic rings. The maximum Gasteiger partial charge on any atom is 0.410 e. The minimum atomic E-state index is -4.59. The first kappa shape index (κ1) is 25.9. The van der Waals surface area contributed by atoms with Gasteiger partial charge < -0.3 is 20.1 Å². The van der Waals surface area contributed by atoms with Crippen LogP contribution < -0.4 is 20.1 Å². The summed E-state index contributed by atoms with van der Waals surface area (Å²) in [6, 6.07) is 5.78. The number of nitrogens with one attached hydrogen (secondary N) is 2. The SMILES string of the molecule is COc1ccc([C@H]2C[C@@H](C(F)(F)F)n3nc(C(=O)Nc4sc5c(c4C#N)CC[C@@H](C)C5)cc3N2)cc1OC. The summed E-state index contributed by atoms with van der Waals surface area (Å²) in [5, 5.41) is 20.0. The number of nitrogens with zero attached hydrogens (tertiary/aromatic N) is 3. The van der Waals surface area contributed by atoms with E-state index in [1.54, 1.807) is 18.2 Å². The molecule has 3 atom stereocenters. The highest BCUT2D eigenvalue weighted by atomic mass is 32.1. The number of anilines is 2. The minimum absolute atomic E-state index is 0.0725. The lowest BCUT2D eigenvalue weighted by molar-refractivity contribution is -0.173. The molecule has 0 bridgehead atoms. The van der Waals surface area contributed by atoms with Crippen molar-refractivity contribution in [3.63, 3.8) is 0 Å². The number of ether oxygens (including phenoxy) is 2. The van der Waals surface area contributed by atoms with Gasteiger partial charge in [-0.15, -0.1) is 11.3 Å². The zero-order chi connectivity index (χ0) is 27.2. The highest BCUT2D eigenvalue weighted by Gasteiger charge is 2.47. The number of hydrogen-bond donors (Lipinski definition) is 2. The largest absolute Gasteiger partial charge is 0.493 e. The Hall–Kier alpha value is -3.72. The molecule has 2 aromatic heterocycles. The molecular formula is C26H26F3N5O3S. The van der Waals surface area contributed by atoms with E-state index in [1.165, 1.54) is 31.6 Å². The molecule has 5 rings (SSSR count). The van der Waals surface area contributed by atoms with Crippen molar-refractivity contribution in [2.45, 2.75) is 50.9 Å². The molecule has 200 valence electrons. The zero-order valence-corrected chi connectivity index (χ0v) is 21.8. The van der Waals surface area contributed by atoms with E-state index in [0.717, 1.165) is 34.4 Å². The van der Waals surface area contributed by atoms with Crippen LogP contribution in [0.25, 0.3) is 0 Å². The number of fused-ring (bicyclic) bond motifs is 2. The van der Waals surface area contributed by atoms with Crippen LogP contribution in [0.4, 0.5) is 24.0 Å². The van der Waals surface area contributed by atoms with Crippen LogP contribution in [0.1, 0.15) is 63.9 Å². The molecule has 0 spiro atoms. The smallest absolute Gasteiger partial charge is 0.410 e. The Morgan fingerprint density at radius 3 is 2.71 bits per heavy atom. The Balaban J connectivity index is 1.44. The molecule has 1 aliphatic heterocycles. The number of methoxy groups -OCH3 is 2.